The number of amides is 1. The predicted molar refractivity (Wildman–Crippen MR) is 148 cm³/mol. The molecule has 2 heterocycles. The minimum atomic E-state index is -3.82. The van der Waals surface area contributed by atoms with E-state index in [0.29, 0.717) is 25.4 Å². The van der Waals surface area contributed by atoms with E-state index in [1.807, 2.05) is 5.38 Å². The van der Waals surface area contributed by atoms with Crippen molar-refractivity contribution in [3.63, 3.8) is 0 Å². The number of hydrogen-bond donors (Lipinski definition) is 1. The quantitative estimate of drug-likeness (QED) is 0.489. The number of benzene rings is 2. The van der Waals surface area contributed by atoms with Gasteiger partial charge >= 0.3 is 0 Å². The van der Waals surface area contributed by atoms with Crippen LogP contribution < -0.4 is 9.46 Å². The van der Waals surface area contributed by atoms with Crippen molar-refractivity contribution in [1.82, 2.24) is 14.8 Å². The number of hydrogen-bond acceptors (Lipinski definition) is 8. The number of nitrogens with zero attached hydrogens (tertiary/aromatic N) is 3. The molecule has 3 atom stereocenters. The topological polar surface area (TPSA) is 101 Å². The van der Waals surface area contributed by atoms with Crippen molar-refractivity contribution in [2.24, 2.45) is 5.92 Å². The first-order valence-electron chi connectivity index (χ1n) is 12.4. The zero-order valence-electron chi connectivity index (χ0n) is 22.0. The van der Waals surface area contributed by atoms with Gasteiger partial charge < -0.3 is 14.4 Å². The fraction of sp³-hybridized carbons (Fsp3) is 0.407. The Balaban J connectivity index is 1.65. The molecule has 204 valence electrons. The molecule has 9 nitrogen and oxygen atoms in total. The minimum absolute atomic E-state index is 0.0234. The van der Waals surface area contributed by atoms with Crippen molar-refractivity contribution in [3.8, 4) is 5.75 Å². The Morgan fingerprint density at radius 1 is 1.16 bits per heavy atom. The van der Waals surface area contributed by atoms with Crippen molar-refractivity contribution in [1.29, 1.82) is 0 Å². The van der Waals surface area contributed by atoms with Gasteiger partial charge in [0.25, 0.3) is 15.9 Å². The van der Waals surface area contributed by atoms with E-state index in [1.54, 1.807) is 66.9 Å². The molecule has 1 amide bonds. The maximum atomic E-state index is 13.6. The van der Waals surface area contributed by atoms with E-state index in [1.165, 1.54) is 18.2 Å². The van der Waals surface area contributed by atoms with E-state index in [4.69, 9.17) is 9.47 Å². The molecular formula is C27H34N4O5S2. The average molecular weight is 559 g/mol. The zero-order chi connectivity index (χ0) is 27.3. The summed E-state index contributed by atoms with van der Waals surface area (Å²) in [5, 5.41) is 2.99. The highest BCUT2D eigenvalue weighted by Crippen LogP contribution is 2.28. The van der Waals surface area contributed by atoms with Crippen LogP contribution in [0.3, 0.4) is 0 Å². The number of carbonyl (C=O) groups is 1. The van der Waals surface area contributed by atoms with Crippen LogP contribution in [0.2, 0.25) is 0 Å². The second-order valence-electron chi connectivity index (χ2n) is 9.58. The molecule has 0 fully saturated rings. The Kier molecular flexibility index (Phi) is 9.03. The molecule has 1 aliphatic heterocycles. The SMILES string of the molecule is CO[C@H]1CN(C)C(=O)c2cc(NS(=O)(=O)c3ccccc3)ccc2OC[C@H](C)N(Cc2nccs2)C[C@@H]1C. The number of aromatic nitrogens is 1. The highest BCUT2D eigenvalue weighted by atomic mass is 32.2. The summed E-state index contributed by atoms with van der Waals surface area (Å²) in [4.78, 5) is 22.1. The van der Waals surface area contributed by atoms with Crippen LogP contribution in [0.4, 0.5) is 5.69 Å². The molecule has 0 saturated heterocycles. The average Bonchev–Trinajstić information content (AvgIpc) is 3.42. The van der Waals surface area contributed by atoms with Gasteiger partial charge in [0, 0.05) is 50.6 Å². The molecule has 1 aliphatic rings. The van der Waals surface area contributed by atoms with E-state index in [9.17, 15) is 13.2 Å². The Hall–Kier alpha value is -2.99. The summed E-state index contributed by atoms with van der Waals surface area (Å²) in [6.45, 7) is 6.35. The number of sulfonamides is 1. The van der Waals surface area contributed by atoms with Gasteiger partial charge in [-0.1, -0.05) is 25.1 Å². The summed E-state index contributed by atoms with van der Waals surface area (Å²) in [5.74, 6) is 0.247. The largest absolute Gasteiger partial charge is 0.491 e. The number of carbonyl (C=O) groups excluding carboxylic acids is 1. The van der Waals surface area contributed by atoms with Gasteiger partial charge in [-0.3, -0.25) is 14.4 Å². The Labute approximate surface area is 228 Å². The molecule has 0 unspecified atom stereocenters. The molecule has 0 aliphatic carbocycles. The van der Waals surface area contributed by atoms with Crippen LogP contribution in [0.5, 0.6) is 5.75 Å². The van der Waals surface area contributed by atoms with E-state index < -0.39 is 10.0 Å². The first kappa shape index (κ1) is 28.0. The summed E-state index contributed by atoms with van der Waals surface area (Å²) >= 11 is 1.62. The van der Waals surface area contributed by atoms with E-state index in [0.717, 1.165) is 11.6 Å². The predicted octanol–water partition coefficient (Wildman–Crippen LogP) is 3.95. The molecule has 0 spiro atoms. The second kappa shape index (κ2) is 12.2. The lowest BCUT2D eigenvalue weighted by Crippen LogP contribution is -2.46. The van der Waals surface area contributed by atoms with Crippen LogP contribution in [0.25, 0.3) is 0 Å². The van der Waals surface area contributed by atoms with Crippen molar-refractivity contribution in [3.05, 3.63) is 70.7 Å². The summed E-state index contributed by atoms with van der Waals surface area (Å²) < 4.78 is 40.4. The lowest BCUT2D eigenvalue weighted by molar-refractivity contribution is 0.00921. The minimum Gasteiger partial charge on any atom is -0.491 e. The van der Waals surface area contributed by atoms with Crippen LogP contribution in [0, 0.1) is 5.92 Å². The third-order valence-electron chi connectivity index (χ3n) is 6.70. The molecule has 0 bridgehead atoms. The third-order valence-corrected chi connectivity index (χ3v) is 8.86. The number of thiazole rings is 1. The van der Waals surface area contributed by atoms with Crippen molar-refractivity contribution in [2.75, 3.05) is 38.6 Å². The number of nitrogens with one attached hydrogen (secondary N) is 1. The van der Waals surface area contributed by atoms with Crippen molar-refractivity contribution >= 4 is 33.0 Å². The van der Waals surface area contributed by atoms with Crippen LogP contribution in [0.15, 0.2) is 65.0 Å². The number of likely N-dealkylation sites (N-methyl/N-ethyl adjacent to an activating group) is 1. The standard InChI is InChI=1S/C27H34N4O5S2/c1-19-15-31(17-26-28-12-13-37-26)20(2)18-36-24-11-10-21(29-38(33,34)22-8-6-5-7-9-22)14-23(24)27(32)30(3)16-25(19)35-4/h5-14,19-20,25,29H,15-18H2,1-4H3/t19-,20-,25-/m0/s1. The molecule has 0 radical (unpaired) electrons. The van der Waals surface area contributed by atoms with Crippen LogP contribution in [-0.2, 0) is 21.3 Å². The molecule has 0 saturated carbocycles. The third kappa shape index (κ3) is 6.71. The van der Waals surface area contributed by atoms with Gasteiger partial charge in [-0.25, -0.2) is 13.4 Å². The summed E-state index contributed by atoms with van der Waals surface area (Å²) in [6.07, 6.45) is 1.61. The smallest absolute Gasteiger partial charge is 0.261 e. The van der Waals surface area contributed by atoms with Crippen LogP contribution in [0.1, 0.15) is 29.2 Å². The highest BCUT2D eigenvalue weighted by Gasteiger charge is 2.29. The van der Waals surface area contributed by atoms with Crippen LogP contribution >= 0.6 is 11.3 Å². The maximum absolute atomic E-state index is 13.6. The number of anilines is 1. The highest BCUT2D eigenvalue weighted by molar-refractivity contribution is 7.92. The summed E-state index contributed by atoms with van der Waals surface area (Å²) in [6, 6.07) is 12.9. The van der Waals surface area contributed by atoms with Gasteiger partial charge in [0.05, 0.1) is 23.1 Å². The van der Waals surface area contributed by atoms with Crippen molar-refractivity contribution in [2.45, 2.75) is 37.4 Å². The van der Waals surface area contributed by atoms with E-state index in [2.05, 4.69) is 28.5 Å². The number of ether oxygens (including phenoxy) is 2. The molecular weight excluding hydrogens is 524 g/mol. The lowest BCUT2D eigenvalue weighted by atomic mass is 10.0. The first-order valence-corrected chi connectivity index (χ1v) is 14.8. The fourth-order valence-corrected chi connectivity index (χ4v) is 6.17. The number of methoxy groups -OCH3 is 1. The van der Waals surface area contributed by atoms with Crippen LogP contribution in [-0.4, -0.2) is 75.1 Å². The Morgan fingerprint density at radius 3 is 2.61 bits per heavy atom. The van der Waals surface area contributed by atoms with Crippen molar-refractivity contribution < 1.29 is 22.7 Å². The molecule has 11 heteroatoms. The molecule has 1 N–H and O–H groups in total. The lowest BCUT2D eigenvalue weighted by Gasteiger charge is -2.35. The van der Waals surface area contributed by atoms with Gasteiger partial charge in [0.2, 0.25) is 0 Å². The zero-order valence-corrected chi connectivity index (χ0v) is 23.7. The summed E-state index contributed by atoms with van der Waals surface area (Å²) in [5.41, 5.74) is 0.558. The maximum Gasteiger partial charge on any atom is 0.261 e. The normalized spacial score (nSPS) is 21.6. The summed E-state index contributed by atoms with van der Waals surface area (Å²) in [7, 11) is -0.443. The number of fused-ring (bicyclic) bond motifs is 1. The molecule has 2 aromatic carbocycles. The number of rotatable bonds is 6. The van der Waals surface area contributed by atoms with Gasteiger partial charge in [0.15, 0.2) is 0 Å². The van der Waals surface area contributed by atoms with Gasteiger partial charge in [-0.2, -0.15) is 0 Å². The monoisotopic (exact) mass is 558 g/mol. The van der Waals surface area contributed by atoms with E-state index >= 15 is 0 Å². The molecule has 38 heavy (non-hydrogen) atoms. The Bertz CT molecular complexity index is 1320. The van der Waals surface area contributed by atoms with Gasteiger partial charge in [-0.05, 0) is 43.2 Å². The van der Waals surface area contributed by atoms with Gasteiger partial charge in [-0.15, -0.1) is 11.3 Å². The Morgan fingerprint density at radius 2 is 1.92 bits per heavy atom. The second-order valence-corrected chi connectivity index (χ2v) is 12.2. The van der Waals surface area contributed by atoms with Gasteiger partial charge in [0.1, 0.15) is 17.4 Å². The molecule has 3 aromatic rings. The fourth-order valence-electron chi connectivity index (χ4n) is 4.45. The molecule has 4 rings (SSSR count). The molecule has 1 aromatic heterocycles. The van der Waals surface area contributed by atoms with E-state index in [-0.39, 0.29) is 40.1 Å². The first-order chi connectivity index (χ1) is 18.2.